The second kappa shape index (κ2) is 11.7. The minimum atomic E-state index is -0.653. The van der Waals surface area contributed by atoms with Crippen molar-refractivity contribution < 1.29 is 28.2 Å². The van der Waals surface area contributed by atoms with Gasteiger partial charge in [-0.05, 0) is 65.7 Å². The number of hydrogen-bond acceptors (Lipinski definition) is 6. The van der Waals surface area contributed by atoms with E-state index in [1.807, 2.05) is 6.07 Å². The number of nitriles is 1. The minimum Gasteiger partial charge on any atom is -0.493 e. The van der Waals surface area contributed by atoms with Gasteiger partial charge in [0.1, 0.15) is 24.1 Å². The summed E-state index contributed by atoms with van der Waals surface area (Å²) in [5.41, 5.74) is 1.56. The molecule has 0 heterocycles. The van der Waals surface area contributed by atoms with Crippen molar-refractivity contribution in [3.05, 3.63) is 93.8 Å². The fourth-order valence-electron chi connectivity index (χ4n) is 3.07. The number of anilines is 1. The first-order chi connectivity index (χ1) is 16.8. The first kappa shape index (κ1) is 25.3. The Labute approximate surface area is 206 Å². The van der Waals surface area contributed by atoms with E-state index >= 15 is 0 Å². The molecule has 0 bridgehead atoms. The van der Waals surface area contributed by atoms with Gasteiger partial charge in [-0.25, -0.2) is 9.18 Å². The lowest BCUT2D eigenvalue weighted by Crippen LogP contribution is -2.13. The van der Waals surface area contributed by atoms with Gasteiger partial charge in [0.15, 0.2) is 11.5 Å². The summed E-state index contributed by atoms with van der Waals surface area (Å²) in [6, 6.07) is 16.9. The van der Waals surface area contributed by atoms with Crippen molar-refractivity contribution in [2.75, 3.05) is 19.5 Å². The number of nitrogens with zero attached hydrogens (tertiary/aromatic N) is 1. The second-order valence-corrected chi connectivity index (χ2v) is 7.55. The van der Waals surface area contributed by atoms with E-state index in [9.17, 15) is 19.2 Å². The molecule has 9 heteroatoms. The molecule has 0 spiro atoms. The Kier molecular flexibility index (Phi) is 8.43. The normalized spacial score (nSPS) is 10.8. The molecule has 0 fully saturated rings. The number of hydrogen-bond donors (Lipinski definition) is 1. The van der Waals surface area contributed by atoms with Crippen LogP contribution in [0.25, 0.3) is 6.08 Å². The summed E-state index contributed by atoms with van der Waals surface area (Å²) in [5, 5.41) is 12.3. The second-order valence-electron chi connectivity index (χ2n) is 7.15. The van der Waals surface area contributed by atoms with Crippen LogP contribution in [-0.4, -0.2) is 26.1 Å². The maximum atomic E-state index is 13.4. The van der Waals surface area contributed by atoms with Crippen LogP contribution in [0.2, 0.25) is 5.02 Å². The molecule has 0 saturated heterocycles. The monoisotopic (exact) mass is 494 g/mol. The van der Waals surface area contributed by atoms with Crippen molar-refractivity contribution in [3.8, 4) is 17.6 Å². The molecular formula is C26H20ClFN2O5. The van der Waals surface area contributed by atoms with Crippen molar-refractivity contribution in [3.63, 3.8) is 0 Å². The molecule has 0 aromatic heterocycles. The molecule has 35 heavy (non-hydrogen) atoms. The Morgan fingerprint density at radius 2 is 1.86 bits per heavy atom. The lowest BCUT2D eigenvalue weighted by molar-refractivity contribution is -0.112. The van der Waals surface area contributed by atoms with E-state index in [0.717, 1.165) is 0 Å². The smallest absolute Gasteiger partial charge is 0.337 e. The highest BCUT2D eigenvalue weighted by atomic mass is 35.5. The lowest BCUT2D eigenvalue weighted by atomic mass is 10.1. The highest BCUT2D eigenvalue weighted by Crippen LogP contribution is 2.37. The van der Waals surface area contributed by atoms with Gasteiger partial charge in [-0.2, -0.15) is 5.26 Å². The largest absolute Gasteiger partial charge is 0.493 e. The number of esters is 1. The highest BCUT2D eigenvalue weighted by Gasteiger charge is 2.15. The Bertz CT molecular complexity index is 1320. The molecule has 0 saturated carbocycles. The van der Waals surface area contributed by atoms with Crippen LogP contribution in [0.5, 0.6) is 11.5 Å². The number of ether oxygens (including phenoxy) is 3. The van der Waals surface area contributed by atoms with Crippen LogP contribution in [0.3, 0.4) is 0 Å². The van der Waals surface area contributed by atoms with Gasteiger partial charge in [0.2, 0.25) is 0 Å². The Morgan fingerprint density at radius 3 is 2.49 bits per heavy atom. The maximum absolute atomic E-state index is 13.4. The predicted molar refractivity (Wildman–Crippen MR) is 129 cm³/mol. The SMILES string of the molecule is COC(=O)c1ccc(NC(=O)/C(C#N)=C/c2cc(Cl)c(OCc3cccc(F)c3)c(OC)c2)cc1. The predicted octanol–water partition coefficient (Wildman–Crippen LogP) is 5.40. The Hall–Kier alpha value is -4.35. The van der Waals surface area contributed by atoms with Crippen molar-refractivity contribution >= 4 is 35.2 Å². The van der Waals surface area contributed by atoms with Gasteiger partial charge >= 0.3 is 5.97 Å². The van der Waals surface area contributed by atoms with Gasteiger partial charge in [-0.1, -0.05) is 23.7 Å². The number of benzene rings is 3. The summed E-state index contributed by atoms with van der Waals surface area (Å²) in [6.45, 7) is 0.0592. The third-order valence-electron chi connectivity index (χ3n) is 4.76. The van der Waals surface area contributed by atoms with Crippen molar-refractivity contribution in [2.45, 2.75) is 6.61 Å². The summed E-state index contributed by atoms with van der Waals surface area (Å²) in [4.78, 5) is 24.1. The van der Waals surface area contributed by atoms with E-state index in [-0.39, 0.29) is 34.5 Å². The molecule has 1 N–H and O–H groups in total. The molecule has 0 atom stereocenters. The molecule has 3 aromatic carbocycles. The number of carbonyl (C=O) groups is 2. The van der Waals surface area contributed by atoms with Crippen LogP contribution in [0.1, 0.15) is 21.5 Å². The third-order valence-corrected chi connectivity index (χ3v) is 5.04. The topological polar surface area (TPSA) is 97.7 Å². The zero-order valence-electron chi connectivity index (χ0n) is 18.8. The first-order valence-electron chi connectivity index (χ1n) is 10.2. The van der Waals surface area contributed by atoms with Crippen LogP contribution < -0.4 is 14.8 Å². The van der Waals surface area contributed by atoms with Crippen LogP contribution in [0, 0.1) is 17.1 Å². The summed E-state index contributed by atoms with van der Waals surface area (Å²) >= 11 is 6.37. The van der Waals surface area contributed by atoms with E-state index in [0.29, 0.717) is 22.4 Å². The fourth-order valence-corrected chi connectivity index (χ4v) is 3.34. The molecule has 1 amide bonds. The Morgan fingerprint density at radius 1 is 1.11 bits per heavy atom. The molecule has 3 aromatic rings. The van der Waals surface area contributed by atoms with Gasteiger partial charge in [-0.15, -0.1) is 0 Å². The van der Waals surface area contributed by atoms with E-state index < -0.39 is 11.9 Å². The van der Waals surface area contributed by atoms with Gasteiger partial charge in [-0.3, -0.25) is 4.79 Å². The fraction of sp³-hybridized carbons (Fsp3) is 0.115. The number of halogens is 2. The first-order valence-corrected chi connectivity index (χ1v) is 10.6. The van der Waals surface area contributed by atoms with E-state index in [2.05, 4.69) is 10.1 Å². The van der Waals surface area contributed by atoms with E-state index in [1.54, 1.807) is 18.2 Å². The average Bonchev–Trinajstić information content (AvgIpc) is 2.86. The summed E-state index contributed by atoms with van der Waals surface area (Å²) < 4.78 is 29.1. The van der Waals surface area contributed by atoms with E-state index in [1.165, 1.54) is 62.8 Å². The highest BCUT2D eigenvalue weighted by molar-refractivity contribution is 6.32. The minimum absolute atomic E-state index is 0.0592. The van der Waals surface area contributed by atoms with Gasteiger partial charge in [0.05, 0.1) is 24.8 Å². The molecular weight excluding hydrogens is 475 g/mol. The molecule has 0 aliphatic rings. The van der Waals surface area contributed by atoms with Crippen LogP contribution in [0.15, 0.2) is 66.2 Å². The molecule has 0 aliphatic heterocycles. The number of carbonyl (C=O) groups excluding carboxylic acids is 2. The number of methoxy groups -OCH3 is 2. The third kappa shape index (κ3) is 6.59. The molecule has 7 nitrogen and oxygen atoms in total. The zero-order chi connectivity index (χ0) is 25.4. The number of nitrogens with one attached hydrogen (secondary N) is 1. The maximum Gasteiger partial charge on any atom is 0.337 e. The summed E-state index contributed by atoms with van der Waals surface area (Å²) in [5.74, 6) is -1.03. The molecule has 178 valence electrons. The van der Waals surface area contributed by atoms with Crippen LogP contribution in [0.4, 0.5) is 10.1 Å². The lowest BCUT2D eigenvalue weighted by Gasteiger charge is -2.14. The van der Waals surface area contributed by atoms with Gasteiger partial charge in [0.25, 0.3) is 5.91 Å². The number of amides is 1. The standard InChI is InChI=1S/C26H20ClFN2O5/c1-33-23-13-17(12-22(27)24(23)35-15-16-4-3-5-20(28)11-16)10-19(14-29)25(31)30-21-8-6-18(7-9-21)26(32)34-2/h3-13H,15H2,1-2H3,(H,30,31)/b19-10+. The molecule has 3 rings (SSSR count). The Balaban J connectivity index is 1.78. The quantitative estimate of drug-likeness (QED) is 0.256. The average molecular weight is 495 g/mol. The van der Waals surface area contributed by atoms with Crippen molar-refractivity contribution in [1.82, 2.24) is 0 Å². The number of rotatable bonds is 8. The van der Waals surface area contributed by atoms with Gasteiger partial charge < -0.3 is 19.5 Å². The molecule has 0 aliphatic carbocycles. The van der Waals surface area contributed by atoms with Crippen molar-refractivity contribution in [1.29, 1.82) is 5.26 Å². The van der Waals surface area contributed by atoms with Crippen molar-refractivity contribution in [2.24, 2.45) is 0 Å². The zero-order valence-corrected chi connectivity index (χ0v) is 19.6. The van der Waals surface area contributed by atoms with E-state index in [4.69, 9.17) is 21.1 Å². The van der Waals surface area contributed by atoms with Crippen LogP contribution in [-0.2, 0) is 16.1 Å². The van der Waals surface area contributed by atoms with Gasteiger partial charge in [0, 0.05) is 5.69 Å². The molecule has 0 radical (unpaired) electrons. The summed E-state index contributed by atoms with van der Waals surface area (Å²) in [7, 11) is 2.69. The van der Waals surface area contributed by atoms with Crippen LogP contribution >= 0.6 is 11.6 Å². The summed E-state index contributed by atoms with van der Waals surface area (Å²) in [6.07, 6.45) is 1.35. The molecule has 0 unspecified atom stereocenters.